The van der Waals surface area contributed by atoms with Crippen LogP contribution in [-0.2, 0) is 23.7 Å². The number of carbonyl (C=O) groups excluding carboxylic acids is 1. The molecule has 2 aliphatic heterocycles. The van der Waals surface area contributed by atoms with E-state index in [1.165, 1.54) is 64.2 Å². The molecule has 0 saturated carbocycles. The second-order valence-electron chi connectivity index (χ2n) is 14.8. The zero-order valence-corrected chi connectivity index (χ0v) is 31.8. The van der Waals surface area contributed by atoms with Crippen molar-refractivity contribution in [2.24, 2.45) is 0 Å². The van der Waals surface area contributed by atoms with Crippen LogP contribution in [-0.4, -0.2) is 140 Å². The summed E-state index contributed by atoms with van der Waals surface area (Å²) in [6, 6.07) is -0.816. The normalized spacial score (nSPS) is 30.7. The molecule has 0 aliphatic carbocycles. The number of amides is 1. The van der Waals surface area contributed by atoms with Crippen molar-refractivity contribution in [3.63, 3.8) is 0 Å². The Morgan fingerprint density at radius 3 is 1.63 bits per heavy atom. The van der Waals surface area contributed by atoms with E-state index in [-0.39, 0.29) is 12.5 Å². The van der Waals surface area contributed by atoms with Gasteiger partial charge in [0, 0.05) is 6.42 Å². The van der Waals surface area contributed by atoms with Gasteiger partial charge in [-0.1, -0.05) is 123 Å². The summed E-state index contributed by atoms with van der Waals surface area (Å²) in [7, 11) is 0. The van der Waals surface area contributed by atoms with E-state index in [0.29, 0.717) is 12.8 Å². The fourth-order valence-electron chi connectivity index (χ4n) is 6.88. The van der Waals surface area contributed by atoms with Crippen molar-refractivity contribution in [2.75, 3.05) is 19.8 Å². The van der Waals surface area contributed by atoms with Gasteiger partial charge in [-0.2, -0.15) is 0 Å². The predicted molar refractivity (Wildman–Crippen MR) is 194 cm³/mol. The lowest BCUT2D eigenvalue weighted by Gasteiger charge is -2.46. The average molecular weight is 752 g/mol. The summed E-state index contributed by atoms with van der Waals surface area (Å²) >= 11 is 0. The van der Waals surface area contributed by atoms with Crippen LogP contribution in [0.3, 0.4) is 0 Å². The van der Waals surface area contributed by atoms with Crippen LogP contribution in [0.5, 0.6) is 0 Å². The first-order valence-electron chi connectivity index (χ1n) is 20.3. The summed E-state index contributed by atoms with van der Waals surface area (Å²) in [5.41, 5.74) is 0. The Labute approximate surface area is 311 Å². The van der Waals surface area contributed by atoms with Crippen LogP contribution in [0.25, 0.3) is 0 Å². The third-order valence-corrected chi connectivity index (χ3v) is 10.3. The van der Waals surface area contributed by atoms with Crippen molar-refractivity contribution in [3.05, 3.63) is 0 Å². The van der Waals surface area contributed by atoms with E-state index in [9.17, 15) is 45.6 Å². The number of aliphatic hydroxyl groups excluding tert-OH is 8. The topological polar surface area (TPSA) is 228 Å². The minimum absolute atomic E-state index is 0.216. The Bertz CT molecular complexity index is 899. The number of aliphatic hydroxyl groups is 8. The van der Waals surface area contributed by atoms with E-state index in [1.807, 2.05) is 0 Å². The second-order valence-corrected chi connectivity index (χ2v) is 14.8. The largest absolute Gasteiger partial charge is 0.394 e. The summed E-state index contributed by atoms with van der Waals surface area (Å²) < 4.78 is 22.5. The van der Waals surface area contributed by atoms with Crippen molar-refractivity contribution < 1.29 is 64.6 Å². The first-order chi connectivity index (χ1) is 25.1. The molecule has 0 aromatic heterocycles. The molecule has 12 atom stereocenters. The molecular formula is C38H73NO13. The van der Waals surface area contributed by atoms with Gasteiger partial charge in [0.05, 0.1) is 32.0 Å². The van der Waals surface area contributed by atoms with Gasteiger partial charge >= 0.3 is 0 Å². The maximum Gasteiger partial charge on any atom is 0.220 e. The lowest BCUT2D eigenvalue weighted by Crippen LogP contribution is -2.65. The third kappa shape index (κ3) is 16.8. The van der Waals surface area contributed by atoms with Crippen LogP contribution < -0.4 is 5.32 Å². The molecule has 0 aromatic rings. The number of rotatable bonds is 29. The van der Waals surface area contributed by atoms with Gasteiger partial charge in [0.15, 0.2) is 12.6 Å². The molecule has 2 fully saturated rings. The maximum atomic E-state index is 12.9. The van der Waals surface area contributed by atoms with E-state index in [2.05, 4.69) is 19.2 Å². The predicted octanol–water partition coefficient (Wildman–Crippen LogP) is 2.31. The molecule has 9 N–H and O–H groups in total. The molecule has 2 rings (SSSR count). The minimum atomic E-state index is -1.78. The summed E-state index contributed by atoms with van der Waals surface area (Å²) in [6.07, 6.45) is 4.37. The van der Waals surface area contributed by atoms with E-state index in [1.54, 1.807) is 0 Å². The molecule has 52 heavy (non-hydrogen) atoms. The highest BCUT2D eigenvalue weighted by atomic mass is 16.7. The maximum absolute atomic E-state index is 12.9. The molecule has 2 heterocycles. The fourth-order valence-corrected chi connectivity index (χ4v) is 6.88. The molecule has 0 radical (unpaired) electrons. The lowest BCUT2D eigenvalue weighted by molar-refractivity contribution is -0.359. The lowest BCUT2D eigenvalue weighted by atomic mass is 9.97. The zero-order chi connectivity index (χ0) is 38.3. The summed E-state index contributed by atoms with van der Waals surface area (Å²) in [5.74, 6) is -0.216. The van der Waals surface area contributed by atoms with Gasteiger partial charge in [-0.15, -0.1) is 0 Å². The molecule has 4 unspecified atom stereocenters. The van der Waals surface area contributed by atoms with Gasteiger partial charge in [0.1, 0.15) is 48.8 Å². The van der Waals surface area contributed by atoms with Crippen LogP contribution in [0.15, 0.2) is 0 Å². The number of carbonyl (C=O) groups is 1. The number of ether oxygens (including phenoxy) is 4. The van der Waals surface area contributed by atoms with Crippen LogP contribution in [0.4, 0.5) is 0 Å². The van der Waals surface area contributed by atoms with Gasteiger partial charge in [0.2, 0.25) is 5.91 Å². The first-order valence-corrected chi connectivity index (χ1v) is 20.3. The Balaban J connectivity index is 1.93. The van der Waals surface area contributed by atoms with Crippen LogP contribution in [0.1, 0.15) is 142 Å². The van der Waals surface area contributed by atoms with Gasteiger partial charge in [-0.25, -0.2) is 0 Å². The highest BCUT2D eigenvalue weighted by Crippen LogP contribution is 2.30. The quantitative estimate of drug-likeness (QED) is 0.0501. The standard InChI is InChI=1S/C38H73NO13/c1-3-5-7-9-11-12-13-14-16-17-19-21-27(42)26(39-30(43)22-20-18-15-10-8-6-4-2)25-49-37-35(48)33(46)36(29(24-41)51-37)52-38-34(47)32(45)31(44)28(23-40)50-38/h26-29,31-38,40-42,44-48H,3-25H2,1-2H3,(H,39,43)/t26-,27+,28+,29+,31-,32?,33?,34?,35?,36+,37+,38-/m0/s1. The number of hydrogen-bond donors (Lipinski definition) is 9. The Kier molecular flexibility index (Phi) is 25.0. The molecule has 14 heteroatoms. The SMILES string of the molecule is CCCCCCCCCCCCC[C@@H](O)[C@H](CO[C@@H]1O[C@H](CO)[C@@H](O[C@@H]2O[C@H](CO)[C@H](O)C(O)C2O)C(O)C1O)NC(=O)CCCCCCCCC. The molecule has 14 nitrogen and oxygen atoms in total. The average Bonchev–Trinajstić information content (AvgIpc) is 3.14. The molecule has 308 valence electrons. The zero-order valence-electron chi connectivity index (χ0n) is 31.8. The van der Waals surface area contributed by atoms with Gasteiger partial charge in [-0.05, 0) is 12.8 Å². The van der Waals surface area contributed by atoms with Crippen molar-refractivity contribution in [2.45, 2.75) is 216 Å². The molecular weight excluding hydrogens is 678 g/mol. The molecule has 0 spiro atoms. The highest BCUT2D eigenvalue weighted by molar-refractivity contribution is 5.76. The van der Waals surface area contributed by atoms with Crippen LogP contribution in [0.2, 0.25) is 0 Å². The van der Waals surface area contributed by atoms with E-state index < -0.39 is 86.8 Å². The number of nitrogens with one attached hydrogen (secondary N) is 1. The molecule has 2 saturated heterocycles. The highest BCUT2D eigenvalue weighted by Gasteiger charge is 2.50. The van der Waals surface area contributed by atoms with E-state index >= 15 is 0 Å². The molecule has 1 amide bonds. The van der Waals surface area contributed by atoms with Crippen LogP contribution >= 0.6 is 0 Å². The van der Waals surface area contributed by atoms with E-state index in [4.69, 9.17) is 18.9 Å². The summed E-state index contributed by atoms with van der Waals surface area (Å²) in [6.45, 7) is 2.75. The van der Waals surface area contributed by atoms with Gasteiger partial charge < -0.3 is 65.1 Å². The number of hydrogen-bond acceptors (Lipinski definition) is 13. The smallest absolute Gasteiger partial charge is 0.220 e. The molecule has 0 aromatic carbocycles. The van der Waals surface area contributed by atoms with Gasteiger partial charge in [-0.3, -0.25) is 4.79 Å². The first kappa shape index (κ1) is 47.1. The summed E-state index contributed by atoms with van der Waals surface area (Å²) in [5, 5.41) is 86.1. The van der Waals surface area contributed by atoms with E-state index in [0.717, 1.165) is 51.4 Å². The van der Waals surface area contributed by atoms with Gasteiger partial charge in [0.25, 0.3) is 0 Å². The van der Waals surface area contributed by atoms with Crippen molar-refractivity contribution in [1.82, 2.24) is 5.32 Å². The molecule has 2 aliphatic rings. The monoisotopic (exact) mass is 752 g/mol. The van der Waals surface area contributed by atoms with Crippen molar-refractivity contribution in [3.8, 4) is 0 Å². The summed E-state index contributed by atoms with van der Waals surface area (Å²) in [4.78, 5) is 12.9. The van der Waals surface area contributed by atoms with Crippen LogP contribution in [0, 0.1) is 0 Å². The minimum Gasteiger partial charge on any atom is -0.394 e. The second kappa shape index (κ2) is 27.6. The Morgan fingerprint density at radius 1 is 0.615 bits per heavy atom. The Hall–Kier alpha value is -1.01. The Morgan fingerprint density at radius 2 is 1.10 bits per heavy atom. The molecule has 0 bridgehead atoms. The third-order valence-electron chi connectivity index (χ3n) is 10.3. The fraction of sp³-hybridized carbons (Fsp3) is 0.974. The van der Waals surface area contributed by atoms with Crippen molar-refractivity contribution in [1.29, 1.82) is 0 Å². The van der Waals surface area contributed by atoms with Crippen molar-refractivity contribution >= 4 is 5.91 Å². The number of unbranched alkanes of at least 4 members (excludes halogenated alkanes) is 16.